The van der Waals surface area contributed by atoms with Gasteiger partial charge in [-0.1, -0.05) is 11.8 Å². The van der Waals surface area contributed by atoms with Crippen LogP contribution >= 0.6 is 0 Å². The summed E-state index contributed by atoms with van der Waals surface area (Å²) in [6.45, 7) is 1.24. The first-order valence-corrected chi connectivity index (χ1v) is 5.92. The molecule has 0 radical (unpaired) electrons. The first-order valence-electron chi connectivity index (χ1n) is 5.92. The molecule has 0 fully saturated rings. The predicted molar refractivity (Wildman–Crippen MR) is 71.1 cm³/mol. The maximum absolute atomic E-state index is 13.1. The van der Waals surface area contributed by atoms with E-state index in [-0.39, 0.29) is 17.5 Å². The summed E-state index contributed by atoms with van der Waals surface area (Å²) in [5.74, 6) is 3.31. The molecule has 1 unspecified atom stereocenters. The number of benzene rings is 1. The van der Waals surface area contributed by atoms with E-state index in [0.717, 1.165) is 12.1 Å². The molecule has 6 heteroatoms. The van der Waals surface area contributed by atoms with Crippen LogP contribution in [0.5, 0.6) is 0 Å². The van der Waals surface area contributed by atoms with E-state index in [9.17, 15) is 14.0 Å². The molecule has 5 nitrogen and oxygen atoms in total. The van der Waals surface area contributed by atoms with Gasteiger partial charge in [-0.25, -0.2) is 4.39 Å². The minimum atomic E-state index is -0.533. The lowest BCUT2D eigenvalue weighted by molar-refractivity contribution is -0.118. The van der Waals surface area contributed by atoms with Crippen molar-refractivity contribution in [3.63, 3.8) is 0 Å². The fraction of sp³-hybridized carbons (Fsp3) is 0.286. The van der Waals surface area contributed by atoms with Crippen LogP contribution in [0.4, 0.5) is 4.39 Å². The number of rotatable bonds is 4. The van der Waals surface area contributed by atoms with Gasteiger partial charge in [-0.05, 0) is 25.1 Å². The van der Waals surface area contributed by atoms with E-state index in [1.54, 1.807) is 6.92 Å². The Morgan fingerprint density at radius 1 is 1.50 bits per heavy atom. The van der Waals surface area contributed by atoms with Crippen molar-refractivity contribution in [2.24, 2.45) is 5.73 Å². The number of nitrogens with one attached hydrogen (secondary N) is 1. The summed E-state index contributed by atoms with van der Waals surface area (Å²) in [5, 5.41) is 11.2. The van der Waals surface area contributed by atoms with Crippen molar-refractivity contribution in [1.82, 2.24) is 5.32 Å². The molecular weight excluding hydrogens is 263 g/mol. The number of aliphatic hydroxyl groups excluding tert-OH is 1. The standard InChI is InChI=1S/C14H15FN2O3/c1-9(7-13(16)19)17-14(20)12-5-4-11(15)8-10(12)3-2-6-18/h4-5,8-9,18H,6-7H2,1H3,(H2,16,19)(H,17,20). The van der Waals surface area contributed by atoms with Gasteiger partial charge in [0.15, 0.2) is 0 Å². The third kappa shape index (κ3) is 4.71. The molecule has 0 aliphatic heterocycles. The van der Waals surface area contributed by atoms with Crippen LogP contribution in [-0.4, -0.2) is 29.6 Å². The second-order valence-electron chi connectivity index (χ2n) is 4.19. The molecular formula is C14H15FN2O3. The molecule has 1 aromatic rings. The summed E-state index contributed by atoms with van der Waals surface area (Å²) in [6, 6.07) is 3.10. The molecule has 0 aromatic heterocycles. The lowest BCUT2D eigenvalue weighted by atomic mass is 10.1. The molecule has 0 spiro atoms. The van der Waals surface area contributed by atoms with Crippen LogP contribution < -0.4 is 11.1 Å². The summed E-state index contributed by atoms with van der Waals surface area (Å²) < 4.78 is 13.1. The smallest absolute Gasteiger partial charge is 0.252 e. The van der Waals surface area contributed by atoms with Crippen molar-refractivity contribution in [2.75, 3.05) is 6.61 Å². The number of amides is 2. The Morgan fingerprint density at radius 2 is 2.20 bits per heavy atom. The molecule has 1 atom stereocenters. The van der Waals surface area contributed by atoms with E-state index < -0.39 is 30.3 Å². The van der Waals surface area contributed by atoms with Gasteiger partial charge in [-0.15, -0.1) is 0 Å². The maximum atomic E-state index is 13.1. The minimum absolute atomic E-state index is 0.00455. The van der Waals surface area contributed by atoms with E-state index >= 15 is 0 Å². The number of nitrogens with two attached hydrogens (primary N) is 1. The molecule has 2 amide bonds. The van der Waals surface area contributed by atoms with Crippen LogP contribution in [0.15, 0.2) is 18.2 Å². The lowest BCUT2D eigenvalue weighted by Crippen LogP contribution is -2.36. The molecule has 0 aliphatic carbocycles. The number of aliphatic hydroxyl groups is 1. The van der Waals surface area contributed by atoms with Crippen molar-refractivity contribution < 1.29 is 19.1 Å². The number of carbonyl (C=O) groups excluding carboxylic acids is 2. The summed E-state index contributed by atoms with van der Waals surface area (Å²) in [5.41, 5.74) is 5.37. The zero-order valence-electron chi connectivity index (χ0n) is 10.9. The van der Waals surface area contributed by atoms with E-state index in [2.05, 4.69) is 17.2 Å². The molecule has 0 saturated carbocycles. The Labute approximate surface area is 116 Å². The Kier molecular flexibility index (Phi) is 5.69. The normalized spacial score (nSPS) is 11.2. The average Bonchev–Trinajstić information content (AvgIpc) is 2.35. The molecule has 0 heterocycles. The van der Waals surface area contributed by atoms with Gasteiger partial charge < -0.3 is 16.2 Å². The monoisotopic (exact) mass is 278 g/mol. The van der Waals surface area contributed by atoms with Crippen molar-refractivity contribution >= 4 is 11.8 Å². The minimum Gasteiger partial charge on any atom is -0.384 e. The molecule has 0 saturated heterocycles. The van der Waals surface area contributed by atoms with E-state index in [1.807, 2.05) is 0 Å². The second kappa shape index (κ2) is 7.26. The van der Waals surface area contributed by atoms with E-state index in [0.29, 0.717) is 0 Å². The quantitative estimate of drug-likeness (QED) is 0.685. The van der Waals surface area contributed by atoms with Gasteiger partial charge in [-0.3, -0.25) is 9.59 Å². The molecule has 1 aromatic carbocycles. The number of hydrogen-bond acceptors (Lipinski definition) is 3. The van der Waals surface area contributed by atoms with Gasteiger partial charge in [0.05, 0.1) is 5.56 Å². The Balaban J connectivity index is 2.94. The third-order valence-corrected chi connectivity index (χ3v) is 2.41. The maximum Gasteiger partial charge on any atom is 0.252 e. The SMILES string of the molecule is CC(CC(N)=O)NC(=O)c1ccc(F)cc1C#CCO. The first-order chi connectivity index (χ1) is 9.43. The highest BCUT2D eigenvalue weighted by Gasteiger charge is 2.15. The summed E-state index contributed by atoms with van der Waals surface area (Å²) in [4.78, 5) is 22.8. The first kappa shape index (κ1) is 15.7. The van der Waals surface area contributed by atoms with Crippen molar-refractivity contribution in [3.8, 4) is 11.8 Å². The molecule has 1 rings (SSSR count). The van der Waals surface area contributed by atoms with Gasteiger partial charge in [-0.2, -0.15) is 0 Å². The molecule has 4 N–H and O–H groups in total. The van der Waals surface area contributed by atoms with Crippen LogP contribution in [0.3, 0.4) is 0 Å². The van der Waals surface area contributed by atoms with Gasteiger partial charge in [0.1, 0.15) is 12.4 Å². The second-order valence-corrected chi connectivity index (χ2v) is 4.19. The van der Waals surface area contributed by atoms with Gasteiger partial charge >= 0.3 is 0 Å². The number of hydrogen-bond donors (Lipinski definition) is 3. The van der Waals surface area contributed by atoms with Gasteiger partial charge in [0.2, 0.25) is 5.91 Å². The number of carbonyl (C=O) groups is 2. The van der Waals surface area contributed by atoms with Crippen LogP contribution in [0.25, 0.3) is 0 Å². The summed E-state index contributed by atoms with van der Waals surface area (Å²) in [6.07, 6.45) is 0.00455. The van der Waals surface area contributed by atoms with Crippen LogP contribution in [0, 0.1) is 17.7 Å². The Morgan fingerprint density at radius 3 is 2.80 bits per heavy atom. The highest BCUT2D eigenvalue weighted by Crippen LogP contribution is 2.11. The Bertz CT molecular complexity index is 576. The van der Waals surface area contributed by atoms with Crippen LogP contribution in [-0.2, 0) is 4.79 Å². The third-order valence-electron chi connectivity index (χ3n) is 2.41. The lowest BCUT2D eigenvalue weighted by Gasteiger charge is -2.13. The fourth-order valence-electron chi connectivity index (χ4n) is 1.61. The van der Waals surface area contributed by atoms with Crippen LogP contribution in [0.2, 0.25) is 0 Å². The summed E-state index contributed by atoms with van der Waals surface area (Å²) in [7, 11) is 0. The van der Waals surface area contributed by atoms with Crippen molar-refractivity contribution in [2.45, 2.75) is 19.4 Å². The number of halogens is 1. The summed E-state index contributed by atoms with van der Waals surface area (Å²) >= 11 is 0. The zero-order valence-corrected chi connectivity index (χ0v) is 10.9. The van der Waals surface area contributed by atoms with Gasteiger partial charge in [0.25, 0.3) is 5.91 Å². The van der Waals surface area contributed by atoms with Crippen molar-refractivity contribution in [3.05, 3.63) is 35.1 Å². The molecule has 0 bridgehead atoms. The number of primary amides is 1. The average molecular weight is 278 g/mol. The molecule has 106 valence electrons. The van der Waals surface area contributed by atoms with Crippen LogP contribution in [0.1, 0.15) is 29.3 Å². The van der Waals surface area contributed by atoms with E-state index in [4.69, 9.17) is 10.8 Å². The largest absolute Gasteiger partial charge is 0.384 e. The highest BCUT2D eigenvalue weighted by molar-refractivity contribution is 5.97. The topological polar surface area (TPSA) is 92.4 Å². The fourth-order valence-corrected chi connectivity index (χ4v) is 1.61. The zero-order chi connectivity index (χ0) is 15.1. The van der Waals surface area contributed by atoms with Crippen molar-refractivity contribution in [1.29, 1.82) is 0 Å². The molecule has 0 aliphatic rings. The van der Waals surface area contributed by atoms with Gasteiger partial charge in [0, 0.05) is 18.0 Å². The Hall–Kier alpha value is -2.39. The highest BCUT2D eigenvalue weighted by atomic mass is 19.1. The predicted octanol–water partition coefficient (Wildman–Crippen LogP) is 0.163. The molecule has 20 heavy (non-hydrogen) atoms. The van der Waals surface area contributed by atoms with E-state index in [1.165, 1.54) is 6.07 Å².